The molecule has 1 unspecified atom stereocenters. The SMILES string of the molecule is CC(CN1CCCC1)Nc1c(N)cccc1Cl. The minimum absolute atomic E-state index is 0.357. The first-order valence-corrected chi connectivity index (χ1v) is 6.57. The fourth-order valence-corrected chi connectivity index (χ4v) is 2.57. The second-order valence-corrected chi connectivity index (χ2v) is 5.16. The summed E-state index contributed by atoms with van der Waals surface area (Å²) in [6, 6.07) is 5.96. The molecule has 3 N–H and O–H groups in total. The third-order valence-electron chi connectivity index (χ3n) is 3.17. The van der Waals surface area contributed by atoms with Gasteiger partial charge in [0, 0.05) is 12.6 Å². The largest absolute Gasteiger partial charge is 0.397 e. The number of nitrogens with two attached hydrogens (primary N) is 1. The zero-order valence-corrected chi connectivity index (χ0v) is 11.0. The van der Waals surface area contributed by atoms with Crippen LogP contribution >= 0.6 is 11.6 Å². The van der Waals surface area contributed by atoms with Crippen molar-refractivity contribution in [2.24, 2.45) is 0 Å². The lowest BCUT2D eigenvalue weighted by molar-refractivity contribution is 0.328. The number of hydrogen-bond donors (Lipinski definition) is 2. The molecule has 17 heavy (non-hydrogen) atoms. The Bertz CT molecular complexity index is 355. The second-order valence-electron chi connectivity index (χ2n) is 4.76. The topological polar surface area (TPSA) is 41.3 Å². The molecule has 1 aromatic carbocycles. The number of anilines is 2. The maximum atomic E-state index is 6.13. The van der Waals surface area contributed by atoms with Gasteiger partial charge >= 0.3 is 0 Å². The monoisotopic (exact) mass is 253 g/mol. The van der Waals surface area contributed by atoms with Crippen LogP contribution in [0.5, 0.6) is 0 Å². The number of nitrogens with one attached hydrogen (secondary N) is 1. The molecule has 0 saturated carbocycles. The minimum atomic E-state index is 0.357. The summed E-state index contributed by atoms with van der Waals surface area (Å²) in [4.78, 5) is 2.48. The Balaban J connectivity index is 1.95. The summed E-state index contributed by atoms with van der Waals surface area (Å²) in [6.07, 6.45) is 2.64. The highest BCUT2D eigenvalue weighted by Crippen LogP contribution is 2.28. The summed E-state index contributed by atoms with van der Waals surface area (Å²) >= 11 is 6.13. The summed E-state index contributed by atoms with van der Waals surface area (Å²) in [5.41, 5.74) is 7.49. The highest BCUT2D eigenvalue weighted by molar-refractivity contribution is 6.33. The van der Waals surface area contributed by atoms with E-state index in [0.717, 1.165) is 12.2 Å². The lowest BCUT2D eigenvalue weighted by Gasteiger charge is -2.23. The molecule has 4 heteroatoms. The number of rotatable bonds is 4. The van der Waals surface area contributed by atoms with Crippen molar-refractivity contribution in [2.75, 3.05) is 30.7 Å². The molecule has 0 bridgehead atoms. The number of nitrogens with zero attached hydrogens (tertiary/aromatic N) is 1. The lowest BCUT2D eigenvalue weighted by atomic mass is 10.2. The average molecular weight is 254 g/mol. The van der Waals surface area contributed by atoms with Crippen LogP contribution in [0.2, 0.25) is 5.02 Å². The van der Waals surface area contributed by atoms with Crippen molar-refractivity contribution in [1.29, 1.82) is 0 Å². The van der Waals surface area contributed by atoms with E-state index < -0.39 is 0 Å². The smallest absolute Gasteiger partial charge is 0.0765 e. The van der Waals surface area contributed by atoms with Gasteiger partial charge < -0.3 is 16.0 Å². The van der Waals surface area contributed by atoms with E-state index in [1.807, 2.05) is 18.2 Å². The van der Waals surface area contributed by atoms with Gasteiger partial charge in [0.2, 0.25) is 0 Å². The normalized spacial score (nSPS) is 18.2. The van der Waals surface area contributed by atoms with Crippen LogP contribution in [-0.2, 0) is 0 Å². The van der Waals surface area contributed by atoms with E-state index in [2.05, 4.69) is 17.1 Å². The van der Waals surface area contributed by atoms with Gasteiger partial charge in [0.15, 0.2) is 0 Å². The standard InChI is InChI=1S/C13H20ClN3/c1-10(9-17-7-2-3-8-17)16-13-11(14)5-4-6-12(13)15/h4-6,10,16H,2-3,7-9,15H2,1H3. The predicted molar refractivity (Wildman–Crippen MR) is 74.6 cm³/mol. The van der Waals surface area contributed by atoms with Crippen LogP contribution in [0, 0.1) is 0 Å². The molecule has 0 aliphatic carbocycles. The fraction of sp³-hybridized carbons (Fsp3) is 0.538. The highest BCUT2D eigenvalue weighted by atomic mass is 35.5. The summed E-state index contributed by atoms with van der Waals surface area (Å²) in [6.45, 7) is 5.64. The van der Waals surface area contributed by atoms with Crippen molar-refractivity contribution < 1.29 is 0 Å². The van der Waals surface area contributed by atoms with E-state index in [1.165, 1.54) is 25.9 Å². The molecule has 0 aromatic heterocycles. The summed E-state index contributed by atoms with van der Waals surface area (Å²) in [7, 11) is 0. The predicted octanol–water partition coefficient (Wildman–Crippen LogP) is 2.82. The summed E-state index contributed by atoms with van der Waals surface area (Å²) in [5, 5.41) is 4.10. The van der Waals surface area contributed by atoms with E-state index in [1.54, 1.807) is 0 Å². The molecule has 0 spiro atoms. The first-order chi connectivity index (χ1) is 8.16. The zero-order valence-electron chi connectivity index (χ0n) is 10.2. The van der Waals surface area contributed by atoms with Crippen molar-refractivity contribution in [2.45, 2.75) is 25.8 Å². The van der Waals surface area contributed by atoms with Gasteiger partial charge in [-0.05, 0) is 45.0 Å². The van der Waals surface area contributed by atoms with E-state index in [-0.39, 0.29) is 0 Å². The van der Waals surface area contributed by atoms with Gasteiger partial charge in [-0.25, -0.2) is 0 Å². The van der Waals surface area contributed by atoms with Crippen molar-refractivity contribution >= 4 is 23.0 Å². The van der Waals surface area contributed by atoms with Gasteiger partial charge in [0.1, 0.15) is 0 Å². The van der Waals surface area contributed by atoms with Gasteiger partial charge in [-0.1, -0.05) is 17.7 Å². The number of para-hydroxylation sites is 1. The summed E-state index contributed by atoms with van der Waals surface area (Å²) in [5.74, 6) is 0. The number of hydrogen-bond acceptors (Lipinski definition) is 3. The Hall–Kier alpha value is -0.930. The second kappa shape index (κ2) is 5.61. The van der Waals surface area contributed by atoms with E-state index in [9.17, 15) is 0 Å². The van der Waals surface area contributed by atoms with Crippen molar-refractivity contribution in [3.63, 3.8) is 0 Å². The molecule has 94 valence electrons. The van der Waals surface area contributed by atoms with E-state index in [0.29, 0.717) is 16.8 Å². The molecule has 1 heterocycles. The first kappa shape index (κ1) is 12.5. The van der Waals surface area contributed by atoms with Crippen LogP contribution in [0.3, 0.4) is 0 Å². The number of benzene rings is 1. The third kappa shape index (κ3) is 3.27. The van der Waals surface area contributed by atoms with E-state index in [4.69, 9.17) is 17.3 Å². The van der Waals surface area contributed by atoms with Crippen molar-refractivity contribution in [1.82, 2.24) is 4.90 Å². The fourth-order valence-electron chi connectivity index (χ4n) is 2.34. The Morgan fingerprint density at radius 1 is 1.41 bits per heavy atom. The third-order valence-corrected chi connectivity index (χ3v) is 3.48. The molecule has 1 atom stereocenters. The van der Waals surface area contributed by atoms with Crippen LogP contribution in [-0.4, -0.2) is 30.6 Å². The van der Waals surface area contributed by atoms with Gasteiger partial charge in [-0.15, -0.1) is 0 Å². The number of halogens is 1. The molecule has 2 rings (SSSR count). The lowest BCUT2D eigenvalue weighted by Crippen LogP contribution is -2.33. The van der Waals surface area contributed by atoms with Crippen LogP contribution < -0.4 is 11.1 Å². The molecule has 1 fully saturated rings. The Morgan fingerprint density at radius 3 is 2.76 bits per heavy atom. The van der Waals surface area contributed by atoms with Crippen LogP contribution in [0.15, 0.2) is 18.2 Å². The number of nitrogen functional groups attached to an aromatic ring is 1. The number of likely N-dealkylation sites (tertiary alicyclic amines) is 1. The van der Waals surface area contributed by atoms with Gasteiger partial charge in [0.25, 0.3) is 0 Å². The molecular weight excluding hydrogens is 234 g/mol. The molecular formula is C13H20ClN3. The van der Waals surface area contributed by atoms with Crippen LogP contribution in [0.4, 0.5) is 11.4 Å². The molecule has 3 nitrogen and oxygen atoms in total. The minimum Gasteiger partial charge on any atom is -0.397 e. The highest BCUT2D eigenvalue weighted by Gasteiger charge is 2.15. The maximum Gasteiger partial charge on any atom is 0.0765 e. The van der Waals surface area contributed by atoms with Crippen molar-refractivity contribution in [3.8, 4) is 0 Å². The first-order valence-electron chi connectivity index (χ1n) is 6.19. The van der Waals surface area contributed by atoms with Gasteiger partial charge in [-0.2, -0.15) is 0 Å². The molecule has 1 saturated heterocycles. The Morgan fingerprint density at radius 2 is 2.12 bits per heavy atom. The van der Waals surface area contributed by atoms with Gasteiger partial charge in [-0.3, -0.25) is 0 Å². The van der Waals surface area contributed by atoms with Crippen molar-refractivity contribution in [3.05, 3.63) is 23.2 Å². The molecule has 1 aliphatic rings. The van der Waals surface area contributed by atoms with E-state index >= 15 is 0 Å². The maximum absolute atomic E-state index is 6.13. The molecule has 1 aliphatic heterocycles. The Kier molecular flexibility index (Phi) is 4.13. The van der Waals surface area contributed by atoms with Crippen LogP contribution in [0.25, 0.3) is 0 Å². The summed E-state index contributed by atoms with van der Waals surface area (Å²) < 4.78 is 0. The quantitative estimate of drug-likeness (QED) is 0.811. The average Bonchev–Trinajstić information content (AvgIpc) is 2.76. The van der Waals surface area contributed by atoms with Gasteiger partial charge in [0.05, 0.1) is 16.4 Å². The Labute approximate surface area is 108 Å². The molecule has 0 amide bonds. The molecule has 1 aromatic rings. The molecule has 0 radical (unpaired) electrons. The van der Waals surface area contributed by atoms with Crippen LogP contribution in [0.1, 0.15) is 19.8 Å². The zero-order chi connectivity index (χ0) is 12.3.